The standard InChI is InChI=1S/C13H21F2N3O2S/c1-9(2)16-6-10-7-17-18(11(10)12(14)15)13(3)4-5-21(19,20)8-13/h7,9,12,16H,4-6,8H2,1-3H3. The average Bonchev–Trinajstić information content (AvgIpc) is 2.89. The van der Waals surface area contributed by atoms with Gasteiger partial charge in [-0.25, -0.2) is 17.2 Å². The molecule has 0 spiro atoms. The van der Waals surface area contributed by atoms with Gasteiger partial charge in [-0.15, -0.1) is 0 Å². The lowest BCUT2D eigenvalue weighted by molar-refractivity contribution is 0.127. The van der Waals surface area contributed by atoms with Gasteiger partial charge in [-0.1, -0.05) is 13.8 Å². The van der Waals surface area contributed by atoms with Crippen LogP contribution in [0.3, 0.4) is 0 Å². The lowest BCUT2D eigenvalue weighted by atomic mass is 10.0. The Morgan fingerprint density at radius 1 is 1.48 bits per heavy atom. The third-order valence-electron chi connectivity index (χ3n) is 3.79. The first-order valence-electron chi connectivity index (χ1n) is 6.94. The molecule has 120 valence electrons. The fourth-order valence-electron chi connectivity index (χ4n) is 2.67. The Hall–Kier alpha value is -1.02. The molecule has 0 saturated carbocycles. The number of sulfone groups is 1. The van der Waals surface area contributed by atoms with Crippen molar-refractivity contribution in [1.82, 2.24) is 15.1 Å². The molecule has 1 saturated heterocycles. The van der Waals surface area contributed by atoms with Gasteiger partial charge < -0.3 is 5.32 Å². The second-order valence-corrected chi connectivity index (χ2v) is 8.33. The molecule has 1 fully saturated rings. The number of aromatic nitrogens is 2. The van der Waals surface area contributed by atoms with Crippen LogP contribution in [0.1, 0.15) is 44.9 Å². The van der Waals surface area contributed by atoms with Crippen molar-refractivity contribution >= 4 is 9.84 Å². The van der Waals surface area contributed by atoms with E-state index in [4.69, 9.17) is 0 Å². The normalized spacial score (nSPS) is 25.1. The maximum absolute atomic E-state index is 13.4. The van der Waals surface area contributed by atoms with E-state index in [0.29, 0.717) is 18.5 Å². The summed E-state index contributed by atoms with van der Waals surface area (Å²) in [7, 11) is -3.18. The van der Waals surface area contributed by atoms with Gasteiger partial charge in [-0.3, -0.25) is 4.68 Å². The molecule has 2 rings (SSSR count). The lowest BCUT2D eigenvalue weighted by Crippen LogP contribution is -2.34. The fourth-order valence-corrected chi connectivity index (χ4v) is 4.77. The van der Waals surface area contributed by atoms with Gasteiger partial charge in [0.05, 0.1) is 23.2 Å². The summed E-state index contributed by atoms with van der Waals surface area (Å²) < 4.78 is 51.4. The van der Waals surface area contributed by atoms with Crippen molar-refractivity contribution in [3.63, 3.8) is 0 Å². The van der Waals surface area contributed by atoms with Gasteiger partial charge in [0.2, 0.25) is 0 Å². The Balaban J connectivity index is 2.36. The van der Waals surface area contributed by atoms with Crippen LogP contribution in [0.25, 0.3) is 0 Å². The zero-order valence-electron chi connectivity index (χ0n) is 12.4. The van der Waals surface area contributed by atoms with Crippen LogP contribution in [0.2, 0.25) is 0 Å². The third kappa shape index (κ3) is 3.42. The van der Waals surface area contributed by atoms with Gasteiger partial charge >= 0.3 is 0 Å². The molecule has 1 aliphatic heterocycles. The molecule has 1 unspecified atom stereocenters. The van der Waals surface area contributed by atoms with E-state index < -0.39 is 21.8 Å². The first kappa shape index (κ1) is 16.4. The van der Waals surface area contributed by atoms with Gasteiger partial charge in [-0.05, 0) is 13.3 Å². The van der Waals surface area contributed by atoms with Crippen LogP contribution in [-0.2, 0) is 21.9 Å². The average molecular weight is 321 g/mol. The molecule has 1 aromatic rings. The minimum absolute atomic E-state index is 0.0195. The van der Waals surface area contributed by atoms with Crippen LogP contribution < -0.4 is 5.32 Å². The zero-order valence-corrected chi connectivity index (χ0v) is 13.3. The topological polar surface area (TPSA) is 64.0 Å². The Morgan fingerprint density at radius 2 is 2.14 bits per heavy atom. The molecule has 0 aromatic carbocycles. The van der Waals surface area contributed by atoms with Crippen molar-refractivity contribution in [2.75, 3.05) is 11.5 Å². The lowest BCUT2D eigenvalue weighted by Gasteiger charge is -2.25. The summed E-state index contributed by atoms with van der Waals surface area (Å²) in [5.41, 5.74) is -0.646. The molecular formula is C13H21F2N3O2S. The summed E-state index contributed by atoms with van der Waals surface area (Å²) >= 11 is 0. The van der Waals surface area contributed by atoms with E-state index in [1.165, 1.54) is 10.9 Å². The van der Waals surface area contributed by atoms with Crippen LogP contribution >= 0.6 is 0 Å². The predicted molar refractivity (Wildman–Crippen MR) is 76.1 cm³/mol. The smallest absolute Gasteiger partial charge is 0.280 e. The highest BCUT2D eigenvalue weighted by molar-refractivity contribution is 7.91. The predicted octanol–water partition coefficient (Wildman–Crippen LogP) is 1.85. The van der Waals surface area contributed by atoms with E-state index in [-0.39, 0.29) is 23.2 Å². The summed E-state index contributed by atoms with van der Waals surface area (Å²) in [6, 6.07) is 0.168. The number of alkyl halides is 2. The Bertz CT molecular complexity index is 613. The summed E-state index contributed by atoms with van der Waals surface area (Å²) in [6.07, 6.45) is -0.961. The van der Waals surface area contributed by atoms with Crippen LogP contribution in [0.5, 0.6) is 0 Å². The quantitative estimate of drug-likeness (QED) is 0.899. The number of hydrogen-bond donors (Lipinski definition) is 1. The Labute approximate surface area is 123 Å². The Kier molecular flexibility index (Phi) is 4.39. The molecule has 2 heterocycles. The molecule has 1 aliphatic rings. The first-order chi connectivity index (χ1) is 9.65. The molecule has 1 N–H and O–H groups in total. The van der Waals surface area contributed by atoms with E-state index in [1.54, 1.807) is 6.92 Å². The molecule has 0 radical (unpaired) electrons. The van der Waals surface area contributed by atoms with Gasteiger partial charge in [0.15, 0.2) is 9.84 Å². The first-order valence-corrected chi connectivity index (χ1v) is 8.76. The number of rotatable bonds is 5. The second-order valence-electron chi connectivity index (χ2n) is 6.14. The van der Waals surface area contributed by atoms with Crippen LogP contribution in [0.4, 0.5) is 8.78 Å². The highest BCUT2D eigenvalue weighted by atomic mass is 32.2. The van der Waals surface area contributed by atoms with Crippen molar-refractivity contribution in [2.45, 2.75) is 51.7 Å². The molecule has 0 bridgehead atoms. The molecule has 5 nitrogen and oxygen atoms in total. The summed E-state index contributed by atoms with van der Waals surface area (Å²) in [5, 5.41) is 7.15. The van der Waals surface area contributed by atoms with E-state index >= 15 is 0 Å². The third-order valence-corrected chi connectivity index (χ3v) is 5.68. The number of hydrogen-bond acceptors (Lipinski definition) is 4. The molecule has 1 atom stereocenters. The Morgan fingerprint density at radius 3 is 2.62 bits per heavy atom. The summed E-state index contributed by atoms with van der Waals surface area (Å²) in [5.74, 6) is -0.121. The maximum atomic E-state index is 13.4. The van der Waals surface area contributed by atoms with Gasteiger partial charge in [0.25, 0.3) is 6.43 Å². The summed E-state index contributed by atoms with van der Waals surface area (Å²) in [6.45, 7) is 5.82. The van der Waals surface area contributed by atoms with Gasteiger partial charge in [0, 0.05) is 18.2 Å². The number of nitrogens with zero attached hydrogens (tertiary/aromatic N) is 2. The molecule has 0 amide bonds. The molecule has 8 heteroatoms. The van der Waals surface area contributed by atoms with Crippen molar-refractivity contribution < 1.29 is 17.2 Å². The van der Waals surface area contributed by atoms with E-state index in [0.717, 1.165) is 0 Å². The van der Waals surface area contributed by atoms with Crippen LogP contribution in [-0.4, -0.2) is 35.7 Å². The highest BCUT2D eigenvalue weighted by Crippen LogP contribution is 2.35. The molecule has 21 heavy (non-hydrogen) atoms. The van der Waals surface area contributed by atoms with E-state index in [1.807, 2.05) is 13.8 Å². The van der Waals surface area contributed by atoms with Gasteiger partial charge in [-0.2, -0.15) is 5.10 Å². The molecule has 1 aromatic heterocycles. The van der Waals surface area contributed by atoms with Crippen LogP contribution in [0, 0.1) is 0 Å². The van der Waals surface area contributed by atoms with Crippen molar-refractivity contribution in [2.24, 2.45) is 0 Å². The van der Waals surface area contributed by atoms with Crippen LogP contribution in [0.15, 0.2) is 6.20 Å². The van der Waals surface area contributed by atoms with Crippen molar-refractivity contribution in [3.8, 4) is 0 Å². The van der Waals surface area contributed by atoms with Crippen molar-refractivity contribution in [1.29, 1.82) is 0 Å². The number of halogens is 2. The van der Waals surface area contributed by atoms with E-state index in [2.05, 4.69) is 10.4 Å². The molecular weight excluding hydrogens is 300 g/mol. The zero-order chi connectivity index (χ0) is 15.8. The van der Waals surface area contributed by atoms with E-state index in [9.17, 15) is 17.2 Å². The minimum atomic E-state index is -3.18. The minimum Gasteiger partial charge on any atom is -0.310 e. The number of nitrogens with one attached hydrogen (secondary N) is 1. The summed E-state index contributed by atoms with van der Waals surface area (Å²) in [4.78, 5) is 0. The second kappa shape index (κ2) is 5.64. The van der Waals surface area contributed by atoms with Gasteiger partial charge in [0.1, 0.15) is 5.69 Å². The molecule has 0 aliphatic carbocycles. The largest absolute Gasteiger partial charge is 0.310 e. The maximum Gasteiger partial charge on any atom is 0.280 e. The van der Waals surface area contributed by atoms with Crippen molar-refractivity contribution in [3.05, 3.63) is 17.5 Å². The SMILES string of the molecule is CC(C)NCc1cnn(C2(C)CCS(=O)(=O)C2)c1C(F)F. The highest BCUT2D eigenvalue weighted by Gasteiger charge is 2.43. The monoisotopic (exact) mass is 321 g/mol. The fraction of sp³-hybridized carbons (Fsp3) is 0.769.